The van der Waals surface area contributed by atoms with Crippen LogP contribution in [0.1, 0.15) is 26.3 Å². The number of amides is 2. The molecule has 1 aromatic carbocycles. The first-order valence-corrected chi connectivity index (χ1v) is 7.02. The first-order chi connectivity index (χ1) is 10.6. The topological polar surface area (TPSA) is 58.2 Å². The van der Waals surface area contributed by atoms with Gasteiger partial charge in [0.15, 0.2) is 0 Å². The van der Waals surface area contributed by atoms with Gasteiger partial charge in [-0.3, -0.25) is 9.59 Å². The number of anilines is 1. The highest BCUT2D eigenvalue weighted by Gasteiger charge is 2.38. The molecule has 0 spiro atoms. The van der Waals surface area contributed by atoms with Crippen LogP contribution in [0.5, 0.6) is 0 Å². The molecule has 0 aliphatic carbocycles. The van der Waals surface area contributed by atoms with Crippen molar-refractivity contribution in [3.05, 3.63) is 41.5 Å². The molecule has 0 fully saturated rings. The number of benzene rings is 1. The number of hydrogen-bond acceptors (Lipinski definition) is 2. The molecule has 0 unspecified atom stereocenters. The average molecular weight is 328 g/mol. The fraction of sp³-hybridized carbons (Fsp3) is 0.375. The van der Waals surface area contributed by atoms with E-state index in [1.807, 2.05) is 20.8 Å². The number of rotatable bonds is 5. The maximum absolute atomic E-state index is 12.1. The molecule has 7 heteroatoms. The highest BCUT2D eigenvalue weighted by Crippen LogP contribution is 2.18. The van der Waals surface area contributed by atoms with E-state index in [-0.39, 0.29) is 24.1 Å². The van der Waals surface area contributed by atoms with Gasteiger partial charge in [0.05, 0.1) is 0 Å². The molecule has 4 nitrogen and oxygen atoms in total. The highest BCUT2D eigenvalue weighted by molar-refractivity contribution is 5.94. The summed E-state index contributed by atoms with van der Waals surface area (Å²) in [6.07, 6.45) is -3.41. The molecule has 23 heavy (non-hydrogen) atoms. The number of allylic oxidation sites excluding steroid dienone is 1. The summed E-state index contributed by atoms with van der Waals surface area (Å²) >= 11 is 0. The normalized spacial score (nSPS) is 12.2. The molecule has 2 N–H and O–H groups in total. The van der Waals surface area contributed by atoms with Gasteiger partial charge in [-0.15, -0.1) is 0 Å². The second kappa shape index (κ2) is 7.80. The number of halogens is 3. The SMILES string of the molecule is C/C(=C\C(=O)NCc1ccc(NC(=O)C(F)(F)F)cc1)C(C)C. The smallest absolute Gasteiger partial charge is 0.348 e. The molecule has 1 aromatic rings. The van der Waals surface area contributed by atoms with Crippen molar-refractivity contribution in [3.63, 3.8) is 0 Å². The lowest BCUT2D eigenvalue weighted by Crippen LogP contribution is -2.29. The molecular formula is C16H19F3N2O2. The van der Waals surface area contributed by atoms with Crippen LogP contribution in [0.2, 0.25) is 0 Å². The van der Waals surface area contributed by atoms with Gasteiger partial charge in [-0.1, -0.05) is 31.6 Å². The van der Waals surface area contributed by atoms with Gasteiger partial charge in [-0.2, -0.15) is 13.2 Å². The third-order valence-corrected chi connectivity index (χ3v) is 3.21. The van der Waals surface area contributed by atoms with Gasteiger partial charge >= 0.3 is 12.1 Å². The van der Waals surface area contributed by atoms with Crippen molar-refractivity contribution in [3.8, 4) is 0 Å². The molecule has 0 aliphatic rings. The van der Waals surface area contributed by atoms with Crippen molar-refractivity contribution in [1.82, 2.24) is 5.32 Å². The largest absolute Gasteiger partial charge is 0.471 e. The predicted octanol–water partition coefficient (Wildman–Crippen LogP) is 3.41. The van der Waals surface area contributed by atoms with Gasteiger partial charge in [0.25, 0.3) is 0 Å². The molecule has 0 bridgehead atoms. The van der Waals surface area contributed by atoms with Gasteiger partial charge in [0, 0.05) is 18.3 Å². The Bertz CT molecular complexity index is 590. The minimum absolute atomic E-state index is 0.0398. The molecule has 0 atom stereocenters. The van der Waals surface area contributed by atoms with E-state index in [1.165, 1.54) is 30.3 Å². The lowest BCUT2D eigenvalue weighted by atomic mass is 10.1. The van der Waals surface area contributed by atoms with Crippen molar-refractivity contribution in [2.45, 2.75) is 33.5 Å². The van der Waals surface area contributed by atoms with Crippen molar-refractivity contribution in [2.75, 3.05) is 5.32 Å². The van der Waals surface area contributed by atoms with Gasteiger partial charge in [-0.05, 0) is 30.5 Å². The standard InChI is InChI=1S/C16H19F3N2O2/c1-10(2)11(3)8-14(22)20-9-12-4-6-13(7-5-12)21-15(23)16(17,18)19/h4-8,10H,9H2,1-3H3,(H,20,22)(H,21,23)/b11-8+. The molecule has 0 radical (unpaired) electrons. The molecule has 2 amide bonds. The molecule has 0 aromatic heterocycles. The van der Waals surface area contributed by atoms with Gasteiger partial charge in [0.1, 0.15) is 0 Å². The van der Waals surface area contributed by atoms with Crippen LogP contribution in [0.25, 0.3) is 0 Å². The maximum atomic E-state index is 12.1. The second-order valence-electron chi connectivity index (χ2n) is 5.41. The zero-order valence-corrected chi connectivity index (χ0v) is 13.1. The lowest BCUT2D eigenvalue weighted by Gasteiger charge is -2.09. The van der Waals surface area contributed by atoms with Crippen LogP contribution in [0.4, 0.5) is 18.9 Å². The van der Waals surface area contributed by atoms with Crippen LogP contribution in [0.15, 0.2) is 35.9 Å². The number of alkyl halides is 3. The van der Waals surface area contributed by atoms with Crippen LogP contribution < -0.4 is 10.6 Å². The van der Waals surface area contributed by atoms with Crippen LogP contribution in [0, 0.1) is 5.92 Å². The Kier molecular flexibility index (Phi) is 6.36. The van der Waals surface area contributed by atoms with Crippen molar-refractivity contribution >= 4 is 17.5 Å². The van der Waals surface area contributed by atoms with Gasteiger partial charge < -0.3 is 10.6 Å². The molecular weight excluding hydrogens is 309 g/mol. The molecule has 0 saturated carbocycles. The summed E-state index contributed by atoms with van der Waals surface area (Å²) in [4.78, 5) is 22.5. The molecule has 0 heterocycles. The fourth-order valence-electron chi connectivity index (χ4n) is 1.52. The summed E-state index contributed by atoms with van der Waals surface area (Å²) in [6, 6.07) is 5.76. The average Bonchev–Trinajstić information content (AvgIpc) is 2.45. The molecule has 0 aliphatic heterocycles. The predicted molar refractivity (Wildman–Crippen MR) is 81.6 cm³/mol. The Hall–Kier alpha value is -2.31. The van der Waals surface area contributed by atoms with Crippen LogP contribution in [-0.4, -0.2) is 18.0 Å². The van der Waals surface area contributed by atoms with E-state index in [0.717, 1.165) is 5.57 Å². The first kappa shape index (κ1) is 18.7. The Morgan fingerprint density at radius 1 is 1.17 bits per heavy atom. The van der Waals surface area contributed by atoms with E-state index < -0.39 is 12.1 Å². The van der Waals surface area contributed by atoms with Gasteiger partial charge in [-0.25, -0.2) is 0 Å². The number of nitrogens with one attached hydrogen (secondary N) is 2. The zero-order chi connectivity index (χ0) is 17.6. The summed E-state index contributed by atoms with van der Waals surface area (Å²) in [5, 5.41) is 4.44. The van der Waals surface area contributed by atoms with Crippen LogP contribution in [-0.2, 0) is 16.1 Å². The Balaban J connectivity index is 2.57. The van der Waals surface area contributed by atoms with Crippen molar-refractivity contribution < 1.29 is 22.8 Å². The van der Waals surface area contributed by atoms with E-state index in [4.69, 9.17) is 0 Å². The number of carbonyl (C=O) groups excluding carboxylic acids is 2. The van der Waals surface area contributed by atoms with Crippen molar-refractivity contribution in [2.24, 2.45) is 5.92 Å². The third-order valence-electron chi connectivity index (χ3n) is 3.21. The van der Waals surface area contributed by atoms with E-state index in [9.17, 15) is 22.8 Å². The van der Waals surface area contributed by atoms with Crippen LogP contribution >= 0.6 is 0 Å². The van der Waals surface area contributed by atoms with E-state index in [2.05, 4.69) is 5.32 Å². The Labute approximate surface area is 132 Å². The minimum Gasteiger partial charge on any atom is -0.348 e. The number of hydrogen-bond donors (Lipinski definition) is 2. The molecule has 126 valence electrons. The Morgan fingerprint density at radius 2 is 1.74 bits per heavy atom. The first-order valence-electron chi connectivity index (χ1n) is 7.02. The summed E-state index contributed by atoms with van der Waals surface area (Å²) < 4.78 is 36.4. The minimum atomic E-state index is -4.92. The molecule has 1 rings (SSSR count). The zero-order valence-electron chi connectivity index (χ0n) is 13.1. The summed E-state index contributed by atoms with van der Waals surface area (Å²) in [6.45, 7) is 6.07. The maximum Gasteiger partial charge on any atom is 0.471 e. The summed E-state index contributed by atoms with van der Waals surface area (Å²) in [7, 11) is 0. The lowest BCUT2D eigenvalue weighted by molar-refractivity contribution is -0.167. The summed E-state index contributed by atoms with van der Waals surface area (Å²) in [5.41, 5.74) is 1.70. The monoisotopic (exact) mass is 328 g/mol. The Morgan fingerprint density at radius 3 is 2.22 bits per heavy atom. The van der Waals surface area contributed by atoms with Crippen molar-refractivity contribution in [1.29, 1.82) is 0 Å². The third kappa shape index (κ3) is 6.54. The van der Waals surface area contributed by atoms with Gasteiger partial charge in [0.2, 0.25) is 5.91 Å². The summed E-state index contributed by atoms with van der Waals surface area (Å²) in [5.74, 6) is -1.98. The quantitative estimate of drug-likeness (QED) is 0.814. The second-order valence-corrected chi connectivity index (χ2v) is 5.41. The van der Waals surface area contributed by atoms with Crippen LogP contribution in [0.3, 0.4) is 0 Å². The van der Waals surface area contributed by atoms with E-state index >= 15 is 0 Å². The van der Waals surface area contributed by atoms with E-state index in [0.29, 0.717) is 5.56 Å². The molecule has 0 saturated heterocycles. The van der Waals surface area contributed by atoms with E-state index in [1.54, 1.807) is 5.32 Å². The highest BCUT2D eigenvalue weighted by atomic mass is 19.4. The number of carbonyl (C=O) groups is 2. The fourth-order valence-corrected chi connectivity index (χ4v) is 1.52.